The first-order chi connectivity index (χ1) is 5.74. The quantitative estimate of drug-likeness (QED) is 0.598. The molecule has 0 aliphatic heterocycles. The van der Waals surface area contributed by atoms with Crippen molar-refractivity contribution in [3.63, 3.8) is 0 Å². The summed E-state index contributed by atoms with van der Waals surface area (Å²) < 4.78 is 9.76. The Bertz CT molecular complexity index is 124. The maximum absolute atomic E-state index is 10.8. The zero-order chi connectivity index (χ0) is 9.40. The van der Waals surface area contributed by atoms with E-state index in [4.69, 9.17) is 9.47 Å². The zero-order valence-corrected chi connectivity index (χ0v) is 7.72. The lowest BCUT2D eigenvalue weighted by Gasteiger charge is -2.16. The molecule has 0 spiro atoms. The molecule has 0 heterocycles. The minimum atomic E-state index is -0.228. The van der Waals surface area contributed by atoms with Gasteiger partial charge in [0.1, 0.15) is 0 Å². The molecule has 0 radical (unpaired) electrons. The van der Waals surface area contributed by atoms with E-state index in [-0.39, 0.29) is 12.1 Å². The van der Waals surface area contributed by atoms with Gasteiger partial charge in [-0.05, 0) is 0 Å². The molecule has 0 saturated heterocycles. The predicted octanol–water partition coefficient (Wildman–Crippen LogP) is -0.423. The topological polar surface area (TPSA) is 59.6 Å². The number of nitrogens with one attached hydrogen (secondary N) is 2. The molecule has 0 aromatic heterocycles. The third-order valence-corrected chi connectivity index (χ3v) is 1.30. The van der Waals surface area contributed by atoms with Crippen molar-refractivity contribution in [2.75, 3.05) is 34.5 Å². The Morgan fingerprint density at radius 2 is 1.83 bits per heavy atom. The molecule has 72 valence electrons. The maximum atomic E-state index is 10.8. The highest BCUT2D eigenvalue weighted by molar-refractivity contribution is 5.73. The van der Waals surface area contributed by atoms with Crippen LogP contribution in [0.5, 0.6) is 0 Å². The normalized spacial score (nSPS) is 10.0. The average Bonchev–Trinajstić information content (AvgIpc) is 2.05. The largest absolute Gasteiger partial charge is 0.382 e. The number of hydrogen-bond donors (Lipinski definition) is 2. The summed E-state index contributed by atoms with van der Waals surface area (Å²) in [6, 6.07) is -0.325. The number of rotatable bonds is 5. The lowest BCUT2D eigenvalue weighted by molar-refractivity contribution is 0.106. The van der Waals surface area contributed by atoms with Gasteiger partial charge in [-0.2, -0.15) is 0 Å². The lowest BCUT2D eigenvalue weighted by Crippen LogP contribution is -2.45. The minimum Gasteiger partial charge on any atom is -0.382 e. The Morgan fingerprint density at radius 3 is 2.17 bits per heavy atom. The van der Waals surface area contributed by atoms with E-state index in [1.54, 1.807) is 21.3 Å². The zero-order valence-electron chi connectivity index (χ0n) is 7.72. The standard InChI is InChI=1S/C7H16N2O3/c1-8-7(10)9-6(4-11-2)5-12-3/h6H,4-5H2,1-3H3,(H2,8,9,10). The first-order valence-corrected chi connectivity index (χ1v) is 3.70. The van der Waals surface area contributed by atoms with Crippen molar-refractivity contribution in [3.8, 4) is 0 Å². The number of carbonyl (C=O) groups excluding carboxylic acids is 1. The SMILES string of the molecule is CNC(=O)NC(COC)COC. The summed E-state index contributed by atoms with van der Waals surface area (Å²) in [7, 11) is 4.72. The van der Waals surface area contributed by atoms with E-state index in [9.17, 15) is 4.79 Å². The van der Waals surface area contributed by atoms with Crippen molar-refractivity contribution in [1.29, 1.82) is 0 Å². The average molecular weight is 176 g/mol. The van der Waals surface area contributed by atoms with E-state index in [1.165, 1.54) is 0 Å². The highest BCUT2D eigenvalue weighted by Crippen LogP contribution is 1.85. The van der Waals surface area contributed by atoms with Crippen LogP contribution in [-0.2, 0) is 9.47 Å². The fourth-order valence-electron chi connectivity index (χ4n) is 0.791. The Kier molecular flexibility index (Phi) is 6.41. The summed E-state index contributed by atoms with van der Waals surface area (Å²) in [4.78, 5) is 10.8. The van der Waals surface area contributed by atoms with Crippen molar-refractivity contribution in [1.82, 2.24) is 10.6 Å². The predicted molar refractivity (Wildman–Crippen MR) is 45.1 cm³/mol. The van der Waals surface area contributed by atoms with Crippen LogP contribution in [-0.4, -0.2) is 46.6 Å². The van der Waals surface area contributed by atoms with Crippen molar-refractivity contribution in [2.24, 2.45) is 0 Å². The molecule has 0 aromatic rings. The van der Waals surface area contributed by atoms with Crippen LogP contribution < -0.4 is 10.6 Å². The summed E-state index contributed by atoms with van der Waals surface area (Å²) >= 11 is 0. The molecule has 0 aromatic carbocycles. The van der Waals surface area contributed by atoms with E-state index in [1.807, 2.05) is 0 Å². The molecule has 0 saturated carbocycles. The third-order valence-electron chi connectivity index (χ3n) is 1.30. The summed E-state index contributed by atoms with van der Waals surface area (Å²) in [6.07, 6.45) is 0. The van der Waals surface area contributed by atoms with Gasteiger partial charge in [-0.1, -0.05) is 0 Å². The molecule has 2 amide bonds. The Hall–Kier alpha value is -0.810. The molecule has 0 aliphatic rings. The minimum absolute atomic E-state index is 0.0973. The fraction of sp³-hybridized carbons (Fsp3) is 0.857. The van der Waals surface area contributed by atoms with Crippen LogP contribution in [0.1, 0.15) is 0 Å². The van der Waals surface area contributed by atoms with Crippen molar-refractivity contribution >= 4 is 6.03 Å². The van der Waals surface area contributed by atoms with Crippen LogP contribution in [0.25, 0.3) is 0 Å². The Labute approximate surface area is 72.4 Å². The van der Waals surface area contributed by atoms with Gasteiger partial charge in [-0.25, -0.2) is 4.79 Å². The first-order valence-electron chi connectivity index (χ1n) is 3.70. The van der Waals surface area contributed by atoms with Crippen molar-refractivity contribution in [3.05, 3.63) is 0 Å². The van der Waals surface area contributed by atoms with Gasteiger partial charge in [0.2, 0.25) is 0 Å². The van der Waals surface area contributed by atoms with Gasteiger partial charge in [-0.15, -0.1) is 0 Å². The second-order valence-electron chi connectivity index (χ2n) is 2.33. The molecule has 0 rings (SSSR count). The molecule has 2 N–H and O–H groups in total. The monoisotopic (exact) mass is 176 g/mol. The second-order valence-corrected chi connectivity index (χ2v) is 2.33. The van der Waals surface area contributed by atoms with Gasteiger partial charge < -0.3 is 20.1 Å². The van der Waals surface area contributed by atoms with E-state index < -0.39 is 0 Å². The highest BCUT2D eigenvalue weighted by atomic mass is 16.5. The summed E-state index contributed by atoms with van der Waals surface area (Å²) in [5, 5.41) is 5.12. The van der Waals surface area contributed by atoms with E-state index in [0.29, 0.717) is 13.2 Å². The second kappa shape index (κ2) is 6.87. The molecule has 5 heteroatoms. The number of hydrogen-bond acceptors (Lipinski definition) is 3. The number of methoxy groups -OCH3 is 2. The molecule has 0 bridgehead atoms. The number of carbonyl (C=O) groups is 1. The van der Waals surface area contributed by atoms with Crippen LogP contribution in [0.15, 0.2) is 0 Å². The molecule has 5 nitrogen and oxygen atoms in total. The molecular formula is C7H16N2O3. The molecule has 0 aliphatic carbocycles. The van der Waals surface area contributed by atoms with Crippen LogP contribution in [0.3, 0.4) is 0 Å². The van der Waals surface area contributed by atoms with Crippen LogP contribution in [0.2, 0.25) is 0 Å². The lowest BCUT2D eigenvalue weighted by atomic mass is 10.3. The molecular weight excluding hydrogens is 160 g/mol. The third kappa shape index (κ3) is 4.92. The summed E-state index contributed by atoms with van der Waals surface area (Å²) in [5.74, 6) is 0. The summed E-state index contributed by atoms with van der Waals surface area (Å²) in [6.45, 7) is 0.891. The van der Waals surface area contributed by atoms with Gasteiger partial charge in [-0.3, -0.25) is 0 Å². The van der Waals surface area contributed by atoms with Crippen LogP contribution >= 0.6 is 0 Å². The Morgan fingerprint density at radius 1 is 1.33 bits per heavy atom. The molecule has 0 atom stereocenters. The molecule has 0 unspecified atom stereocenters. The highest BCUT2D eigenvalue weighted by Gasteiger charge is 2.09. The van der Waals surface area contributed by atoms with Crippen LogP contribution in [0.4, 0.5) is 4.79 Å². The van der Waals surface area contributed by atoms with E-state index in [2.05, 4.69) is 10.6 Å². The molecule has 0 fully saturated rings. The van der Waals surface area contributed by atoms with Gasteiger partial charge in [0, 0.05) is 21.3 Å². The smallest absolute Gasteiger partial charge is 0.314 e. The Balaban J connectivity index is 3.68. The number of amides is 2. The van der Waals surface area contributed by atoms with Crippen molar-refractivity contribution in [2.45, 2.75) is 6.04 Å². The van der Waals surface area contributed by atoms with E-state index in [0.717, 1.165) is 0 Å². The van der Waals surface area contributed by atoms with E-state index >= 15 is 0 Å². The number of ether oxygens (including phenoxy) is 2. The summed E-state index contributed by atoms with van der Waals surface area (Å²) in [5.41, 5.74) is 0. The van der Waals surface area contributed by atoms with Gasteiger partial charge in [0.05, 0.1) is 19.3 Å². The molecule has 12 heavy (non-hydrogen) atoms. The van der Waals surface area contributed by atoms with Crippen molar-refractivity contribution < 1.29 is 14.3 Å². The van der Waals surface area contributed by atoms with Gasteiger partial charge in [0.25, 0.3) is 0 Å². The van der Waals surface area contributed by atoms with Gasteiger partial charge in [0.15, 0.2) is 0 Å². The van der Waals surface area contributed by atoms with Crippen LogP contribution in [0, 0.1) is 0 Å². The number of urea groups is 1. The fourth-order valence-corrected chi connectivity index (χ4v) is 0.791. The first kappa shape index (κ1) is 11.2. The maximum Gasteiger partial charge on any atom is 0.314 e. The van der Waals surface area contributed by atoms with Gasteiger partial charge >= 0.3 is 6.03 Å².